The number of carbonyl (C=O) groups excluding carboxylic acids is 3. The molecule has 5 atom stereocenters. The van der Waals surface area contributed by atoms with Crippen LogP contribution in [0.1, 0.15) is 53.4 Å². The Balaban J connectivity index is 5.08. The van der Waals surface area contributed by atoms with E-state index in [1.807, 2.05) is 13.8 Å². The lowest BCUT2D eigenvalue weighted by Crippen LogP contribution is -2.57. The van der Waals surface area contributed by atoms with Gasteiger partial charge in [0.25, 0.3) is 0 Å². The number of carboxylic acid groups (broad SMARTS) is 1. The monoisotopic (exact) mass is 431 g/mol. The Morgan fingerprint density at radius 2 is 1.50 bits per heavy atom. The van der Waals surface area contributed by atoms with Gasteiger partial charge in [-0.05, 0) is 52.0 Å². The highest BCUT2D eigenvalue weighted by Crippen LogP contribution is 2.05. The molecule has 0 radical (unpaired) electrons. The summed E-state index contributed by atoms with van der Waals surface area (Å²) < 4.78 is 0. The number of hydrogen-bond donors (Lipinski definition) is 7. The van der Waals surface area contributed by atoms with Gasteiger partial charge in [0.15, 0.2) is 6.04 Å². The van der Waals surface area contributed by atoms with Crippen LogP contribution < -0.4 is 27.4 Å². The second-order valence-corrected chi connectivity index (χ2v) is 7.88. The van der Waals surface area contributed by atoms with E-state index in [1.54, 1.807) is 0 Å². The number of nitrogens with one attached hydrogen (secondary N) is 3. The number of aliphatic hydroxyl groups excluding tert-OH is 1. The number of carbonyl (C=O) groups is 4. The van der Waals surface area contributed by atoms with Crippen LogP contribution in [-0.4, -0.2) is 70.7 Å². The van der Waals surface area contributed by atoms with Gasteiger partial charge < -0.3 is 37.6 Å². The normalized spacial score (nSPS) is 16.1. The molecule has 0 rings (SSSR count). The zero-order valence-electron chi connectivity index (χ0n) is 18.2. The first-order chi connectivity index (χ1) is 13.9. The highest BCUT2D eigenvalue weighted by Gasteiger charge is 2.30. The van der Waals surface area contributed by atoms with Crippen molar-refractivity contribution in [3.63, 3.8) is 0 Å². The molecule has 0 aliphatic rings. The number of carboxylic acids is 1. The van der Waals surface area contributed by atoms with Crippen LogP contribution in [0.25, 0.3) is 0 Å². The van der Waals surface area contributed by atoms with Crippen molar-refractivity contribution in [2.75, 3.05) is 6.54 Å². The molecule has 0 spiro atoms. The van der Waals surface area contributed by atoms with Gasteiger partial charge >= 0.3 is 5.97 Å². The Hall–Kier alpha value is -2.24. The number of hydrogen-bond acceptors (Lipinski definition) is 7. The topological polar surface area (TPSA) is 197 Å². The van der Waals surface area contributed by atoms with E-state index in [1.165, 1.54) is 13.8 Å². The third-order valence-corrected chi connectivity index (χ3v) is 4.44. The molecule has 0 aromatic heterocycles. The van der Waals surface area contributed by atoms with Gasteiger partial charge in [-0.1, -0.05) is 13.8 Å². The molecule has 0 aromatic carbocycles. The van der Waals surface area contributed by atoms with E-state index in [0.29, 0.717) is 25.8 Å². The average molecular weight is 432 g/mol. The van der Waals surface area contributed by atoms with Crippen LogP contribution in [0.2, 0.25) is 0 Å². The molecule has 3 amide bonds. The fraction of sp³-hybridized carbons (Fsp3) is 0.789. The van der Waals surface area contributed by atoms with Gasteiger partial charge in [-0.15, -0.1) is 0 Å². The first-order valence-electron chi connectivity index (χ1n) is 10.2. The van der Waals surface area contributed by atoms with Crippen LogP contribution >= 0.6 is 0 Å². The molecule has 5 unspecified atom stereocenters. The third-order valence-electron chi connectivity index (χ3n) is 4.44. The van der Waals surface area contributed by atoms with E-state index in [-0.39, 0.29) is 12.3 Å². The van der Waals surface area contributed by atoms with Gasteiger partial charge in [0, 0.05) is 0 Å². The van der Waals surface area contributed by atoms with Crippen LogP contribution in [0.3, 0.4) is 0 Å². The van der Waals surface area contributed by atoms with Crippen molar-refractivity contribution < 1.29 is 29.4 Å². The van der Waals surface area contributed by atoms with Crippen molar-refractivity contribution in [1.29, 1.82) is 0 Å². The molecule has 174 valence electrons. The number of nitrogens with two attached hydrogens (primary N) is 2. The number of unbranched alkanes of at least 4 members (excludes halogenated alkanes) is 1. The Kier molecular flexibility index (Phi) is 12.8. The second-order valence-electron chi connectivity index (χ2n) is 7.88. The smallest absolute Gasteiger partial charge is 0.328 e. The molecule has 0 heterocycles. The maximum absolute atomic E-state index is 12.5. The quantitative estimate of drug-likeness (QED) is 0.160. The van der Waals surface area contributed by atoms with E-state index >= 15 is 0 Å². The molecule has 0 saturated carbocycles. The molecule has 30 heavy (non-hydrogen) atoms. The van der Waals surface area contributed by atoms with Crippen molar-refractivity contribution in [1.82, 2.24) is 16.0 Å². The number of amides is 3. The van der Waals surface area contributed by atoms with Crippen molar-refractivity contribution in [3.8, 4) is 0 Å². The number of rotatable bonds is 14. The molecule has 11 nitrogen and oxygen atoms in total. The lowest BCUT2D eigenvalue weighted by Gasteiger charge is -2.24. The largest absolute Gasteiger partial charge is 0.480 e. The Labute approximate surface area is 177 Å². The molecule has 0 aliphatic carbocycles. The predicted octanol–water partition coefficient (Wildman–Crippen LogP) is -1.57. The standard InChI is InChI=1S/C19H37N5O6/c1-10(2)9-13(21)17(27)22-11(3)16(26)23-14(7-5-6-8-20)18(28)24-15(12(4)25)19(29)30/h10-15,25H,5-9,20-21H2,1-4H3,(H,22,27)(H,23,26)(H,24,28)(H,29,30). The van der Waals surface area contributed by atoms with Gasteiger partial charge in [-0.25, -0.2) is 4.79 Å². The van der Waals surface area contributed by atoms with E-state index in [4.69, 9.17) is 16.6 Å². The lowest BCUT2D eigenvalue weighted by molar-refractivity contribution is -0.145. The second kappa shape index (κ2) is 13.9. The predicted molar refractivity (Wildman–Crippen MR) is 111 cm³/mol. The minimum atomic E-state index is -1.52. The Bertz CT molecular complexity index is 584. The molecule has 0 bridgehead atoms. The van der Waals surface area contributed by atoms with Crippen LogP contribution in [0.4, 0.5) is 0 Å². The average Bonchev–Trinajstić information content (AvgIpc) is 2.63. The molecule has 0 saturated heterocycles. The molecule has 0 aromatic rings. The van der Waals surface area contributed by atoms with Gasteiger partial charge in [0.1, 0.15) is 12.1 Å². The molecule has 0 aliphatic heterocycles. The minimum Gasteiger partial charge on any atom is -0.480 e. The van der Waals surface area contributed by atoms with Crippen molar-refractivity contribution in [3.05, 3.63) is 0 Å². The molecular weight excluding hydrogens is 394 g/mol. The molecule has 11 heteroatoms. The summed E-state index contributed by atoms with van der Waals surface area (Å²) in [6.07, 6.45) is 0.470. The summed E-state index contributed by atoms with van der Waals surface area (Å²) in [6, 6.07) is -4.27. The number of aliphatic carboxylic acids is 1. The van der Waals surface area contributed by atoms with Crippen LogP contribution in [0.5, 0.6) is 0 Å². The fourth-order valence-corrected chi connectivity index (χ4v) is 2.70. The summed E-state index contributed by atoms with van der Waals surface area (Å²) in [6.45, 7) is 6.93. The highest BCUT2D eigenvalue weighted by molar-refractivity contribution is 5.93. The summed E-state index contributed by atoms with van der Waals surface area (Å²) >= 11 is 0. The maximum Gasteiger partial charge on any atom is 0.328 e. The summed E-state index contributed by atoms with van der Waals surface area (Å²) in [5.41, 5.74) is 11.3. The first-order valence-corrected chi connectivity index (χ1v) is 10.2. The highest BCUT2D eigenvalue weighted by atomic mass is 16.4. The fourth-order valence-electron chi connectivity index (χ4n) is 2.70. The Morgan fingerprint density at radius 1 is 0.900 bits per heavy atom. The first kappa shape index (κ1) is 27.8. The van der Waals surface area contributed by atoms with Crippen molar-refractivity contribution in [2.45, 2.75) is 83.6 Å². The zero-order valence-corrected chi connectivity index (χ0v) is 18.2. The van der Waals surface area contributed by atoms with Gasteiger partial charge in [-0.3, -0.25) is 14.4 Å². The zero-order chi connectivity index (χ0) is 23.4. The summed E-state index contributed by atoms with van der Waals surface area (Å²) in [5.74, 6) is -3.03. The van der Waals surface area contributed by atoms with E-state index in [9.17, 15) is 24.3 Å². The molecule has 9 N–H and O–H groups in total. The molecular formula is C19H37N5O6. The summed E-state index contributed by atoms with van der Waals surface area (Å²) in [7, 11) is 0. The van der Waals surface area contributed by atoms with Crippen molar-refractivity contribution >= 4 is 23.7 Å². The van der Waals surface area contributed by atoms with Crippen LogP contribution in [-0.2, 0) is 19.2 Å². The van der Waals surface area contributed by atoms with E-state index < -0.39 is 54.0 Å². The minimum absolute atomic E-state index is 0.210. The summed E-state index contributed by atoms with van der Waals surface area (Å²) in [5, 5.41) is 25.9. The number of aliphatic hydroxyl groups is 1. The van der Waals surface area contributed by atoms with Gasteiger partial charge in [0.2, 0.25) is 17.7 Å². The third kappa shape index (κ3) is 10.5. The Morgan fingerprint density at radius 3 is 1.97 bits per heavy atom. The summed E-state index contributed by atoms with van der Waals surface area (Å²) in [4.78, 5) is 48.3. The van der Waals surface area contributed by atoms with Crippen LogP contribution in [0, 0.1) is 5.92 Å². The van der Waals surface area contributed by atoms with E-state index in [2.05, 4.69) is 16.0 Å². The van der Waals surface area contributed by atoms with Gasteiger partial charge in [-0.2, -0.15) is 0 Å². The maximum atomic E-state index is 12.5. The SMILES string of the molecule is CC(C)CC(N)C(=O)NC(C)C(=O)NC(CCCCN)C(=O)NC(C(=O)O)C(C)O. The van der Waals surface area contributed by atoms with Gasteiger partial charge in [0.05, 0.1) is 12.1 Å². The van der Waals surface area contributed by atoms with E-state index in [0.717, 1.165) is 0 Å². The lowest BCUT2D eigenvalue weighted by atomic mass is 10.0. The molecule has 0 fully saturated rings. The van der Waals surface area contributed by atoms with Crippen LogP contribution in [0.15, 0.2) is 0 Å². The van der Waals surface area contributed by atoms with Crippen molar-refractivity contribution in [2.24, 2.45) is 17.4 Å².